The summed E-state index contributed by atoms with van der Waals surface area (Å²) in [5, 5.41) is 19.5. The van der Waals surface area contributed by atoms with Crippen LogP contribution in [-0.2, 0) is 6.42 Å². The van der Waals surface area contributed by atoms with E-state index in [0.717, 1.165) is 55.2 Å². The minimum absolute atomic E-state index is 0.229. The number of unbranched alkanes of at least 4 members (excludes halogenated alkanes) is 15. The van der Waals surface area contributed by atoms with Crippen molar-refractivity contribution in [1.29, 1.82) is 5.26 Å². The molecule has 5 heteroatoms. The zero-order valence-corrected chi connectivity index (χ0v) is 28.7. The number of benzene rings is 2. The van der Waals surface area contributed by atoms with Gasteiger partial charge in [0.2, 0.25) is 5.75 Å². The van der Waals surface area contributed by atoms with Crippen LogP contribution in [-0.4, -0.2) is 24.9 Å². The third kappa shape index (κ3) is 16.7. The summed E-state index contributed by atoms with van der Waals surface area (Å²) < 4.78 is 19.4. The molecule has 0 amide bonds. The Morgan fingerprint density at radius 3 is 1.49 bits per heavy atom. The number of hydrogen-bond donors (Lipinski definition) is 1. The van der Waals surface area contributed by atoms with Gasteiger partial charge in [-0.15, -0.1) is 0 Å². The number of nitrogens with zero attached hydrogens (tertiary/aromatic N) is 1. The maximum atomic E-state index is 9.77. The van der Waals surface area contributed by atoms with Crippen LogP contribution in [0.5, 0.6) is 23.0 Å². The lowest BCUT2D eigenvalue weighted by molar-refractivity contribution is 0.234. The lowest BCUT2D eigenvalue weighted by Gasteiger charge is -2.20. The monoisotopic (exact) mass is 619 g/mol. The largest absolute Gasteiger partial charge is 0.508 e. The van der Waals surface area contributed by atoms with E-state index in [1.807, 2.05) is 24.3 Å². The lowest BCUT2D eigenvalue weighted by atomic mass is 9.97. The molecule has 2 aromatic carbocycles. The summed E-state index contributed by atoms with van der Waals surface area (Å²) in [5.74, 6) is 2.30. The summed E-state index contributed by atoms with van der Waals surface area (Å²) in [7, 11) is 0. The molecule has 0 aliphatic rings. The van der Waals surface area contributed by atoms with Gasteiger partial charge < -0.3 is 19.3 Å². The van der Waals surface area contributed by atoms with Crippen LogP contribution in [0.1, 0.15) is 147 Å². The SMILES string of the molecule is CCCCCCCCOc1cc(C(=CC#N)Cc2ccc(O)cc2)cc(OCCCCCCCC)c1OCCCCCCCC. The Kier molecular flexibility index (Phi) is 21.2. The summed E-state index contributed by atoms with van der Waals surface area (Å²) >= 11 is 0. The third-order valence-electron chi connectivity index (χ3n) is 8.22. The van der Waals surface area contributed by atoms with Gasteiger partial charge in [0.25, 0.3) is 0 Å². The fourth-order valence-corrected chi connectivity index (χ4v) is 5.45. The minimum atomic E-state index is 0.229. The number of ether oxygens (including phenoxy) is 3. The molecular weight excluding hydrogens is 558 g/mol. The Hall–Kier alpha value is -3.13. The topological polar surface area (TPSA) is 71.7 Å². The average molecular weight is 620 g/mol. The summed E-state index contributed by atoms with van der Waals surface area (Å²) in [6.07, 6.45) is 23.7. The van der Waals surface area contributed by atoms with Crippen molar-refractivity contribution < 1.29 is 19.3 Å². The number of rotatable bonds is 27. The molecule has 0 unspecified atom stereocenters. The minimum Gasteiger partial charge on any atom is -0.508 e. The number of phenols is 1. The van der Waals surface area contributed by atoms with E-state index in [0.29, 0.717) is 43.5 Å². The molecule has 0 saturated carbocycles. The van der Waals surface area contributed by atoms with Crippen LogP contribution in [0.4, 0.5) is 0 Å². The highest BCUT2D eigenvalue weighted by Crippen LogP contribution is 2.42. The molecule has 0 fully saturated rings. The van der Waals surface area contributed by atoms with Crippen LogP contribution in [0.15, 0.2) is 42.5 Å². The molecule has 5 nitrogen and oxygen atoms in total. The van der Waals surface area contributed by atoms with Gasteiger partial charge >= 0.3 is 0 Å². The number of phenolic OH excluding ortho intramolecular Hbond substituents is 1. The first-order valence-electron chi connectivity index (χ1n) is 18.1. The van der Waals surface area contributed by atoms with Crippen LogP contribution < -0.4 is 14.2 Å². The highest BCUT2D eigenvalue weighted by atomic mass is 16.5. The fraction of sp³-hybridized carbons (Fsp3) is 0.625. The molecule has 2 rings (SSSR count). The number of aromatic hydroxyl groups is 1. The molecule has 0 saturated heterocycles. The highest BCUT2D eigenvalue weighted by Gasteiger charge is 2.18. The van der Waals surface area contributed by atoms with Crippen LogP contribution in [0.25, 0.3) is 5.57 Å². The average Bonchev–Trinajstić information content (AvgIpc) is 3.04. The molecule has 2 aromatic rings. The molecule has 0 aromatic heterocycles. The van der Waals surface area contributed by atoms with Crippen molar-refractivity contribution in [3.05, 3.63) is 53.6 Å². The zero-order chi connectivity index (χ0) is 32.4. The van der Waals surface area contributed by atoms with Crippen LogP contribution in [0.2, 0.25) is 0 Å². The van der Waals surface area contributed by atoms with Crippen molar-refractivity contribution in [2.75, 3.05) is 19.8 Å². The van der Waals surface area contributed by atoms with Gasteiger partial charge in [-0.3, -0.25) is 0 Å². The van der Waals surface area contributed by atoms with E-state index in [4.69, 9.17) is 14.2 Å². The second-order valence-electron chi connectivity index (χ2n) is 12.3. The Labute approximate surface area is 275 Å². The van der Waals surface area contributed by atoms with Crippen LogP contribution in [0.3, 0.4) is 0 Å². The highest BCUT2D eigenvalue weighted by molar-refractivity contribution is 5.74. The van der Waals surface area contributed by atoms with E-state index < -0.39 is 0 Å². The van der Waals surface area contributed by atoms with Crippen molar-refractivity contribution in [3.63, 3.8) is 0 Å². The summed E-state index contributed by atoms with van der Waals surface area (Å²) in [4.78, 5) is 0. The molecule has 0 atom stereocenters. The molecule has 0 radical (unpaired) electrons. The maximum absolute atomic E-state index is 9.77. The predicted octanol–water partition coefficient (Wildman–Crippen LogP) is 11.8. The van der Waals surface area contributed by atoms with Crippen molar-refractivity contribution in [1.82, 2.24) is 0 Å². The first kappa shape index (κ1) is 38.1. The number of hydrogen-bond acceptors (Lipinski definition) is 5. The van der Waals surface area contributed by atoms with E-state index in [1.165, 1.54) is 77.0 Å². The number of nitriles is 1. The van der Waals surface area contributed by atoms with Gasteiger partial charge in [-0.1, -0.05) is 129 Å². The number of allylic oxidation sites excluding steroid dienone is 2. The van der Waals surface area contributed by atoms with Crippen LogP contribution in [0, 0.1) is 11.3 Å². The van der Waals surface area contributed by atoms with Crippen molar-refractivity contribution >= 4 is 5.57 Å². The van der Waals surface area contributed by atoms with Crippen molar-refractivity contribution in [2.45, 2.75) is 143 Å². The third-order valence-corrected chi connectivity index (χ3v) is 8.22. The van der Waals surface area contributed by atoms with Gasteiger partial charge in [0.15, 0.2) is 11.5 Å². The Morgan fingerprint density at radius 2 is 1.04 bits per heavy atom. The first-order chi connectivity index (χ1) is 22.1. The van der Waals surface area contributed by atoms with Gasteiger partial charge in [0.1, 0.15) is 5.75 Å². The van der Waals surface area contributed by atoms with E-state index in [1.54, 1.807) is 18.2 Å². The van der Waals surface area contributed by atoms with Gasteiger partial charge in [-0.25, -0.2) is 0 Å². The molecule has 0 bridgehead atoms. The molecule has 0 spiro atoms. The second kappa shape index (κ2) is 25.1. The van der Waals surface area contributed by atoms with Crippen molar-refractivity contribution in [2.24, 2.45) is 0 Å². The Balaban J connectivity index is 2.30. The smallest absolute Gasteiger partial charge is 0.203 e. The Bertz CT molecular complexity index is 1060. The summed E-state index contributed by atoms with van der Waals surface area (Å²) in [6.45, 7) is 8.59. The predicted molar refractivity (Wildman–Crippen MR) is 188 cm³/mol. The van der Waals surface area contributed by atoms with E-state index >= 15 is 0 Å². The normalized spacial score (nSPS) is 11.4. The molecule has 0 aliphatic heterocycles. The Morgan fingerprint density at radius 1 is 0.622 bits per heavy atom. The maximum Gasteiger partial charge on any atom is 0.203 e. The second-order valence-corrected chi connectivity index (χ2v) is 12.3. The molecule has 0 aliphatic carbocycles. The van der Waals surface area contributed by atoms with E-state index in [-0.39, 0.29) is 5.75 Å². The van der Waals surface area contributed by atoms with Gasteiger partial charge in [0, 0.05) is 6.08 Å². The summed E-state index contributed by atoms with van der Waals surface area (Å²) in [6, 6.07) is 13.4. The first-order valence-corrected chi connectivity index (χ1v) is 18.1. The molecule has 0 heterocycles. The van der Waals surface area contributed by atoms with Gasteiger partial charge in [-0.05, 0) is 66.6 Å². The quantitative estimate of drug-likeness (QED) is 0.0795. The van der Waals surface area contributed by atoms with Gasteiger partial charge in [0.05, 0.1) is 25.9 Å². The lowest BCUT2D eigenvalue weighted by Crippen LogP contribution is -2.07. The molecule has 1 N–H and O–H groups in total. The fourth-order valence-electron chi connectivity index (χ4n) is 5.45. The molecule has 250 valence electrons. The van der Waals surface area contributed by atoms with E-state index in [2.05, 4.69) is 26.8 Å². The van der Waals surface area contributed by atoms with E-state index in [9.17, 15) is 10.4 Å². The van der Waals surface area contributed by atoms with Gasteiger partial charge in [-0.2, -0.15) is 5.26 Å². The summed E-state index contributed by atoms with van der Waals surface area (Å²) in [5.41, 5.74) is 2.79. The molecular formula is C40H61NO4. The van der Waals surface area contributed by atoms with Crippen molar-refractivity contribution in [3.8, 4) is 29.1 Å². The van der Waals surface area contributed by atoms with Crippen LogP contribution >= 0.6 is 0 Å². The zero-order valence-electron chi connectivity index (χ0n) is 28.7. The molecule has 45 heavy (non-hydrogen) atoms. The standard InChI is InChI=1S/C40H61NO4/c1-4-7-10-13-16-19-28-43-38-32-36(35(26-27-41)31-34-22-24-37(42)25-23-34)33-39(44-29-20-17-14-11-8-5-2)40(38)45-30-21-18-15-12-9-6-3/h22-26,32-33,42H,4-21,28-31H2,1-3H3.